The van der Waals surface area contributed by atoms with Gasteiger partial charge in [0.15, 0.2) is 5.69 Å². The monoisotopic (exact) mass is 146 g/mol. The van der Waals surface area contributed by atoms with E-state index < -0.39 is 11.9 Å². The molecule has 0 atom stereocenters. The first-order chi connectivity index (χ1) is 4.61. The Balaban J connectivity index is 2.97. The SMILES string of the molecule is FC(F)(F)c1[c]nc[c]n1. The van der Waals surface area contributed by atoms with Crippen molar-refractivity contribution in [3.63, 3.8) is 0 Å². The normalized spacial score (nSPS) is 11.5. The molecule has 2 radical (unpaired) electrons. The zero-order valence-corrected chi connectivity index (χ0v) is 4.61. The van der Waals surface area contributed by atoms with Crippen LogP contribution in [0.25, 0.3) is 0 Å². The van der Waals surface area contributed by atoms with Crippen molar-refractivity contribution in [2.24, 2.45) is 0 Å². The van der Waals surface area contributed by atoms with Crippen LogP contribution in [-0.2, 0) is 6.18 Å². The highest BCUT2D eigenvalue weighted by atomic mass is 19.4. The second kappa shape index (κ2) is 2.24. The van der Waals surface area contributed by atoms with Crippen LogP contribution < -0.4 is 0 Å². The minimum atomic E-state index is -4.47. The van der Waals surface area contributed by atoms with Gasteiger partial charge in [0.1, 0.15) is 12.4 Å². The standard InChI is InChI=1S/C5HF3N2/c6-5(7,8)4-3-9-1-2-10-4/h1H. The Morgan fingerprint density at radius 3 is 2.40 bits per heavy atom. The van der Waals surface area contributed by atoms with E-state index in [1.165, 1.54) is 0 Å². The van der Waals surface area contributed by atoms with Crippen LogP contribution in [0.3, 0.4) is 0 Å². The highest BCUT2D eigenvalue weighted by molar-refractivity contribution is 4.96. The molecule has 1 aromatic heterocycles. The largest absolute Gasteiger partial charge is 0.435 e. The zero-order valence-electron chi connectivity index (χ0n) is 4.61. The lowest BCUT2D eigenvalue weighted by molar-refractivity contribution is -0.141. The molecule has 5 heteroatoms. The van der Waals surface area contributed by atoms with Crippen LogP contribution in [0, 0.1) is 12.4 Å². The lowest BCUT2D eigenvalue weighted by Crippen LogP contribution is -2.07. The van der Waals surface area contributed by atoms with E-state index in [-0.39, 0.29) is 0 Å². The Bertz CT molecular complexity index is 206. The highest BCUT2D eigenvalue weighted by Crippen LogP contribution is 2.25. The summed E-state index contributed by atoms with van der Waals surface area (Å²) in [6.07, 6.45) is 0.188. The summed E-state index contributed by atoms with van der Waals surface area (Å²) in [5.74, 6) is 0. The van der Waals surface area contributed by atoms with Crippen molar-refractivity contribution >= 4 is 0 Å². The van der Waals surface area contributed by atoms with Crippen molar-refractivity contribution in [2.75, 3.05) is 0 Å². The molecular weight excluding hydrogens is 145 g/mol. The summed E-state index contributed by atoms with van der Waals surface area (Å²) < 4.78 is 34.9. The lowest BCUT2D eigenvalue weighted by Gasteiger charge is -2.00. The summed E-state index contributed by atoms with van der Waals surface area (Å²) in [6.45, 7) is 0. The maximum absolute atomic E-state index is 11.6. The van der Waals surface area contributed by atoms with E-state index in [1.807, 2.05) is 6.20 Å². The highest BCUT2D eigenvalue weighted by Gasteiger charge is 2.32. The molecule has 1 heterocycles. The minimum Gasteiger partial charge on any atom is -0.250 e. The van der Waals surface area contributed by atoms with Crippen molar-refractivity contribution in [3.05, 3.63) is 24.3 Å². The molecule has 2 nitrogen and oxygen atoms in total. The summed E-state index contributed by atoms with van der Waals surface area (Å²) in [4.78, 5) is 5.97. The van der Waals surface area contributed by atoms with Crippen molar-refractivity contribution < 1.29 is 13.2 Å². The average molecular weight is 146 g/mol. The average Bonchev–Trinajstić information content (AvgIpc) is 1.88. The second-order valence-electron chi connectivity index (χ2n) is 1.46. The van der Waals surface area contributed by atoms with E-state index in [4.69, 9.17) is 0 Å². The van der Waals surface area contributed by atoms with Crippen LogP contribution in [0.15, 0.2) is 6.20 Å². The Labute approximate surface area is 54.7 Å². The Morgan fingerprint density at radius 2 is 2.10 bits per heavy atom. The van der Waals surface area contributed by atoms with Crippen molar-refractivity contribution in [3.8, 4) is 0 Å². The van der Waals surface area contributed by atoms with E-state index in [0.29, 0.717) is 0 Å². The van der Waals surface area contributed by atoms with E-state index in [2.05, 4.69) is 9.97 Å². The van der Waals surface area contributed by atoms with Crippen LogP contribution in [0.2, 0.25) is 0 Å². The molecular formula is C5HF3N2. The first-order valence-corrected chi connectivity index (χ1v) is 2.28. The molecule has 52 valence electrons. The second-order valence-corrected chi connectivity index (χ2v) is 1.46. The van der Waals surface area contributed by atoms with E-state index in [9.17, 15) is 13.2 Å². The summed E-state index contributed by atoms with van der Waals surface area (Å²) in [5.41, 5.74) is -1.14. The summed E-state index contributed by atoms with van der Waals surface area (Å²) in [5, 5.41) is 0. The summed E-state index contributed by atoms with van der Waals surface area (Å²) in [7, 11) is 0. The van der Waals surface area contributed by atoms with Gasteiger partial charge >= 0.3 is 6.18 Å². The summed E-state index contributed by atoms with van der Waals surface area (Å²) >= 11 is 0. The summed E-state index contributed by atoms with van der Waals surface area (Å²) in [6, 6.07) is 0. The number of hydrogen-bond acceptors (Lipinski definition) is 2. The third kappa shape index (κ3) is 1.43. The molecule has 1 rings (SSSR count). The molecule has 0 aliphatic heterocycles. The Hall–Kier alpha value is -1.13. The van der Waals surface area contributed by atoms with Crippen LogP contribution in [0.1, 0.15) is 5.69 Å². The van der Waals surface area contributed by atoms with Crippen molar-refractivity contribution in [1.82, 2.24) is 9.97 Å². The lowest BCUT2D eigenvalue weighted by atomic mass is 10.4. The van der Waals surface area contributed by atoms with Gasteiger partial charge in [-0.25, -0.2) is 9.97 Å². The van der Waals surface area contributed by atoms with E-state index in [0.717, 1.165) is 6.20 Å². The van der Waals surface area contributed by atoms with Gasteiger partial charge in [0.05, 0.1) is 6.20 Å². The molecule has 0 aromatic carbocycles. The molecule has 0 amide bonds. The van der Waals surface area contributed by atoms with Gasteiger partial charge in [-0.15, -0.1) is 0 Å². The predicted molar refractivity (Wildman–Crippen MR) is 24.7 cm³/mol. The number of aromatic nitrogens is 2. The van der Waals surface area contributed by atoms with Gasteiger partial charge in [0.25, 0.3) is 0 Å². The molecule has 0 aliphatic carbocycles. The molecule has 1 aromatic rings. The Kier molecular flexibility index (Phi) is 1.57. The molecule has 0 saturated carbocycles. The quantitative estimate of drug-likeness (QED) is 0.547. The van der Waals surface area contributed by atoms with Crippen molar-refractivity contribution in [2.45, 2.75) is 6.18 Å². The number of rotatable bonds is 0. The molecule has 0 fully saturated rings. The molecule has 0 unspecified atom stereocenters. The van der Waals surface area contributed by atoms with Crippen LogP contribution in [0.4, 0.5) is 13.2 Å². The molecule has 0 N–H and O–H groups in total. The van der Waals surface area contributed by atoms with Gasteiger partial charge in [-0.1, -0.05) is 0 Å². The number of hydrogen-bond donors (Lipinski definition) is 0. The fourth-order valence-corrected chi connectivity index (χ4v) is 0.367. The van der Waals surface area contributed by atoms with E-state index >= 15 is 0 Å². The van der Waals surface area contributed by atoms with Gasteiger partial charge in [-0.3, -0.25) is 0 Å². The maximum atomic E-state index is 11.6. The number of nitrogens with zero attached hydrogens (tertiary/aromatic N) is 2. The van der Waals surface area contributed by atoms with Gasteiger partial charge in [0, 0.05) is 0 Å². The van der Waals surface area contributed by atoms with E-state index in [1.54, 1.807) is 6.20 Å². The minimum absolute atomic E-state index is 1.01. The predicted octanol–water partition coefficient (Wildman–Crippen LogP) is 1.10. The molecule has 0 bridgehead atoms. The fraction of sp³-hybridized carbons (Fsp3) is 0.200. The zero-order chi connectivity index (χ0) is 7.61. The fourth-order valence-electron chi connectivity index (χ4n) is 0.367. The van der Waals surface area contributed by atoms with Crippen LogP contribution >= 0.6 is 0 Å². The molecule has 0 saturated heterocycles. The van der Waals surface area contributed by atoms with Gasteiger partial charge in [-0.05, 0) is 0 Å². The molecule has 10 heavy (non-hydrogen) atoms. The number of alkyl halides is 3. The third-order valence-corrected chi connectivity index (χ3v) is 0.738. The number of halogens is 3. The molecule has 0 aliphatic rings. The Morgan fingerprint density at radius 1 is 1.40 bits per heavy atom. The third-order valence-electron chi connectivity index (χ3n) is 0.738. The van der Waals surface area contributed by atoms with Gasteiger partial charge in [0.2, 0.25) is 0 Å². The topological polar surface area (TPSA) is 25.8 Å². The first-order valence-electron chi connectivity index (χ1n) is 2.28. The molecule has 0 spiro atoms. The first kappa shape index (κ1) is 6.98. The van der Waals surface area contributed by atoms with Gasteiger partial charge < -0.3 is 0 Å². The smallest absolute Gasteiger partial charge is 0.250 e. The van der Waals surface area contributed by atoms with Crippen LogP contribution in [-0.4, -0.2) is 9.97 Å². The van der Waals surface area contributed by atoms with Crippen molar-refractivity contribution in [1.29, 1.82) is 0 Å². The maximum Gasteiger partial charge on any atom is 0.435 e. The van der Waals surface area contributed by atoms with Crippen LogP contribution in [0.5, 0.6) is 0 Å². The van der Waals surface area contributed by atoms with Gasteiger partial charge in [-0.2, -0.15) is 13.2 Å².